The molecule has 2 unspecified atom stereocenters. The van der Waals surface area contributed by atoms with Crippen molar-refractivity contribution in [2.45, 2.75) is 187 Å². The minimum absolute atomic E-state index is 0.108. The Hall–Kier alpha value is -2.41. The molecule has 0 aliphatic rings. The lowest BCUT2D eigenvalue weighted by atomic mass is 10.1. The summed E-state index contributed by atoms with van der Waals surface area (Å²) in [6.45, 7) is 4.84. The number of allylic oxidation sites excluding steroid dienone is 5. The first-order chi connectivity index (χ1) is 22.4. The summed E-state index contributed by atoms with van der Waals surface area (Å²) in [6.07, 6.45) is 37.8. The Labute approximate surface area is 282 Å². The Bertz CT molecular complexity index is 823. The molecule has 0 bridgehead atoms. The molecule has 0 spiro atoms. The van der Waals surface area contributed by atoms with Crippen molar-refractivity contribution < 1.29 is 24.2 Å². The lowest BCUT2D eigenvalue weighted by Gasteiger charge is -2.15. The smallest absolute Gasteiger partial charge is 0.326 e. The Kier molecular flexibility index (Phi) is 32.2. The Balaban J connectivity index is 4.17. The van der Waals surface area contributed by atoms with E-state index in [1.165, 1.54) is 57.8 Å². The zero-order valence-corrected chi connectivity index (χ0v) is 29.7. The number of ether oxygens (including phenoxy) is 1. The minimum Gasteiger partial charge on any atom is -0.480 e. The van der Waals surface area contributed by atoms with E-state index < -0.39 is 12.0 Å². The molecule has 2 atom stereocenters. The van der Waals surface area contributed by atoms with Gasteiger partial charge in [-0.3, -0.25) is 9.59 Å². The molecule has 266 valence electrons. The number of hydrogen-bond acceptors (Lipinski definition) is 5. The van der Waals surface area contributed by atoms with Gasteiger partial charge in [0.1, 0.15) is 12.1 Å². The predicted molar refractivity (Wildman–Crippen MR) is 193 cm³/mol. The van der Waals surface area contributed by atoms with E-state index >= 15 is 0 Å². The first-order valence-electron chi connectivity index (χ1n) is 18.8. The average Bonchev–Trinajstić information content (AvgIpc) is 3.03. The lowest BCUT2D eigenvalue weighted by Crippen LogP contribution is -2.40. The standard InChI is InChI=1S/C39H70N2O5/c1-3-5-7-9-10-11-12-13-14-15-16-17-18-19-21-27-33-38(43)46-35(29-24-20-8-6-4-2)30-25-22-23-26-32-37(42)41-36(39(44)45)31-28-34-40/h11-12,14-15,24,29,35-36H,3-10,13,16-23,25-28,30-34,40H2,1-2H3,(H,41,42)(H,44,45)/b12-11-,15-14-,29-24-. The Morgan fingerprint density at radius 1 is 0.652 bits per heavy atom. The Morgan fingerprint density at radius 3 is 1.85 bits per heavy atom. The zero-order valence-electron chi connectivity index (χ0n) is 29.7. The molecule has 0 saturated heterocycles. The van der Waals surface area contributed by atoms with E-state index in [2.05, 4.69) is 55.6 Å². The molecule has 0 rings (SSSR count). The summed E-state index contributed by atoms with van der Waals surface area (Å²) in [5, 5.41) is 11.9. The first-order valence-corrected chi connectivity index (χ1v) is 18.8. The summed E-state index contributed by atoms with van der Waals surface area (Å²) in [4.78, 5) is 36.1. The molecule has 0 radical (unpaired) electrons. The predicted octanol–water partition coefficient (Wildman–Crippen LogP) is 9.89. The van der Waals surface area contributed by atoms with E-state index in [1.807, 2.05) is 0 Å². The highest BCUT2D eigenvalue weighted by molar-refractivity contribution is 5.83. The number of carbonyl (C=O) groups excluding carboxylic acids is 2. The second-order valence-corrected chi connectivity index (χ2v) is 12.6. The van der Waals surface area contributed by atoms with E-state index in [0.29, 0.717) is 38.6 Å². The van der Waals surface area contributed by atoms with Crippen LogP contribution in [0.1, 0.15) is 174 Å². The third kappa shape index (κ3) is 30.3. The molecule has 0 aliphatic heterocycles. The van der Waals surface area contributed by atoms with Crippen LogP contribution >= 0.6 is 0 Å². The van der Waals surface area contributed by atoms with Gasteiger partial charge in [0.15, 0.2) is 0 Å². The molecule has 7 nitrogen and oxygen atoms in total. The average molecular weight is 647 g/mol. The van der Waals surface area contributed by atoms with Gasteiger partial charge in [0.05, 0.1) is 0 Å². The fraction of sp³-hybridized carbons (Fsp3) is 0.769. The maximum atomic E-state index is 12.6. The quantitative estimate of drug-likeness (QED) is 0.0371. The number of carboxylic acid groups (broad SMARTS) is 1. The van der Waals surface area contributed by atoms with Crippen molar-refractivity contribution in [3.8, 4) is 0 Å². The number of amides is 1. The van der Waals surface area contributed by atoms with Crippen LogP contribution in [0.3, 0.4) is 0 Å². The highest BCUT2D eigenvalue weighted by Crippen LogP contribution is 2.15. The summed E-state index contributed by atoms with van der Waals surface area (Å²) in [6, 6.07) is -0.870. The molecule has 0 aliphatic carbocycles. The summed E-state index contributed by atoms with van der Waals surface area (Å²) >= 11 is 0. The van der Waals surface area contributed by atoms with Crippen molar-refractivity contribution in [3.05, 3.63) is 36.5 Å². The summed E-state index contributed by atoms with van der Waals surface area (Å²) < 4.78 is 5.86. The van der Waals surface area contributed by atoms with E-state index in [1.54, 1.807) is 0 Å². The van der Waals surface area contributed by atoms with Crippen LogP contribution in [0.2, 0.25) is 0 Å². The molecule has 0 aromatic rings. The monoisotopic (exact) mass is 647 g/mol. The van der Waals surface area contributed by atoms with Crippen LogP contribution in [-0.4, -0.2) is 41.6 Å². The van der Waals surface area contributed by atoms with Crippen molar-refractivity contribution >= 4 is 17.8 Å². The number of carbonyl (C=O) groups is 3. The molecule has 0 heterocycles. The topological polar surface area (TPSA) is 119 Å². The van der Waals surface area contributed by atoms with Gasteiger partial charge in [0, 0.05) is 12.8 Å². The number of rotatable bonds is 33. The van der Waals surface area contributed by atoms with Crippen molar-refractivity contribution in [2.24, 2.45) is 5.73 Å². The van der Waals surface area contributed by atoms with Crippen molar-refractivity contribution in [1.29, 1.82) is 0 Å². The number of esters is 1. The third-order valence-corrected chi connectivity index (χ3v) is 8.16. The largest absolute Gasteiger partial charge is 0.480 e. The van der Waals surface area contributed by atoms with Crippen LogP contribution in [0.15, 0.2) is 36.5 Å². The lowest BCUT2D eigenvalue weighted by molar-refractivity contribution is -0.147. The van der Waals surface area contributed by atoms with Crippen molar-refractivity contribution in [2.75, 3.05) is 6.54 Å². The molecule has 0 fully saturated rings. The zero-order chi connectivity index (χ0) is 33.9. The molecule has 46 heavy (non-hydrogen) atoms. The molecular weight excluding hydrogens is 576 g/mol. The summed E-state index contributed by atoms with van der Waals surface area (Å²) in [5.74, 6) is -1.35. The third-order valence-electron chi connectivity index (χ3n) is 8.16. The van der Waals surface area contributed by atoms with Crippen LogP contribution in [-0.2, 0) is 19.1 Å². The van der Waals surface area contributed by atoms with Gasteiger partial charge in [-0.1, -0.05) is 108 Å². The van der Waals surface area contributed by atoms with Gasteiger partial charge in [0.2, 0.25) is 5.91 Å². The first kappa shape index (κ1) is 43.6. The minimum atomic E-state index is -1.02. The SMILES string of the molecule is CCCCC/C=C\C(CCCCCCC(=O)NC(CCCN)C(=O)O)OC(=O)CCCCCCC/C=C\C/C=C\CCCCCC. The van der Waals surface area contributed by atoms with E-state index in [9.17, 15) is 19.5 Å². The van der Waals surface area contributed by atoms with Crippen LogP contribution in [0.4, 0.5) is 0 Å². The summed E-state index contributed by atoms with van der Waals surface area (Å²) in [5.41, 5.74) is 5.46. The van der Waals surface area contributed by atoms with Gasteiger partial charge < -0.3 is 20.9 Å². The molecule has 0 aromatic heterocycles. The molecule has 0 aromatic carbocycles. The number of aliphatic carboxylic acids is 1. The number of carboxylic acids is 1. The van der Waals surface area contributed by atoms with Gasteiger partial charge in [-0.15, -0.1) is 0 Å². The second kappa shape index (κ2) is 33.9. The van der Waals surface area contributed by atoms with Crippen LogP contribution in [0.25, 0.3) is 0 Å². The van der Waals surface area contributed by atoms with Gasteiger partial charge in [-0.25, -0.2) is 4.79 Å². The Morgan fingerprint density at radius 2 is 1.20 bits per heavy atom. The molecular formula is C39H70N2O5. The van der Waals surface area contributed by atoms with Crippen LogP contribution in [0.5, 0.6) is 0 Å². The number of nitrogens with two attached hydrogens (primary N) is 1. The molecule has 7 heteroatoms. The fourth-order valence-corrected chi connectivity index (χ4v) is 5.27. The van der Waals surface area contributed by atoms with Crippen molar-refractivity contribution in [3.63, 3.8) is 0 Å². The molecule has 1 amide bonds. The van der Waals surface area contributed by atoms with Gasteiger partial charge >= 0.3 is 11.9 Å². The molecule has 0 saturated carbocycles. The number of unbranched alkanes of at least 4 members (excludes halogenated alkanes) is 15. The van der Waals surface area contributed by atoms with Crippen molar-refractivity contribution in [1.82, 2.24) is 5.32 Å². The number of hydrogen-bond donors (Lipinski definition) is 3. The number of nitrogens with one attached hydrogen (secondary N) is 1. The summed E-state index contributed by atoms with van der Waals surface area (Å²) in [7, 11) is 0. The van der Waals surface area contributed by atoms with Gasteiger partial charge in [-0.2, -0.15) is 0 Å². The van der Waals surface area contributed by atoms with Gasteiger partial charge in [-0.05, 0) is 96.1 Å². The maximum Gasteiger partial charge on any atom is 0.326 e. The van der Waals surface area contributed by atoms with Gasteiger partial charge in [0.25, 0.3) is 0 Å². The second-order valence-electron chi connectivity index (χ2n) is 12.6. The molecule has 4 N–H and O–H groups in total. The van der Waals surface area contributed by atoms with Crippen LogP contribution < -0.4 is 11.1 Å². The normalized spacial score (nSPS) is 13.1. The highest BCUT2D eigenvalue weighted by atomic mass is 16.5. The van der Waals surface area contributed by atoms with E-state index in [-0.39, 0.29) is 18.0 Å². The maximum absolute atomic E-state index is 12.6. The van der Waals surface area contributed by atoms with E-state index in [4.69, 9.17) is 10.5 Å². The van der Waals surface area contributed by atoms with Crippen LogP contribution in [0, 0.1) is 0 Å². The fourth-order valence-electron chi connectivity index (χ4n) is 5.27. The van der Waals surface area contributed by atoms with E-state index in [0.717, 1.165) is 70.6 Å². The highest BCUT2D eigenvalue weighted by Gasteiger charge is 2.19.